The third-order valence-corrected chi connectivity index (χ3v) is 2.46. The molecule has 5 heteroatoms. The second kappa shape index (κ2) is 4.67. The number of carbonyl (C=O) groups is 1. The number of nitrogen functional groups attached to an aromatic ring is 2. The van der Waals surface area contributed by atoms with Gasteiger partial charge in [-0.05, 0) is 42.5 Å². The standard InChI is InChI=1S/C13H13N3O2/c14-9-2-4-10(5-3-9)16-13(18)8-1-6-11(15)12(17)7-8/h1-7,17H,14-15H2,(H,16,18). The zero-order valence-electron chi connectivity index (χ0n) is 9.55. The van der Waals surface area contributed by atoms with Crippen molar-refractivity contribution < 1.29 is 9.90 Å². The number of anilines is 3. The van der Waals surface area contributed by atoms with Gasteiger partial charge in [0.05, 0.1) is 5.69 Å². The molecule has 0 aliphatic carbocycles. The van der Waals surface area contributed by atoms with Crippen LogP contribution >= 0.6 is 0 Å². The zero-order valence-corrected chi connectivity index (χ0v) is 9.55. The van der Waals surface area contributed by atoms with E-state index >= 15 is 0 Å². The Hall–Kier alpha value is -2.69. The van der Waals surface area contributed by atoms with Crippen LogP contribution in [0.1, 0.15) is 10.4 Å². The highest BCUT2D eigenvalue weighted by Gasteiger charge is 2.08. The van der Waals surface area contributed by atoms with Gasteiger partial charge in [-0.15, -0.1) is 0 Å². The third-order valence-electron chi connectivity index (χ3n) is 2.46. The Morgan fingerprint density at radius 1 is 1.06 bits per heavy atom. The minimum atomic E-state index is -0.324. The molecule has 0 heterocycles. The van der Waals surface area contributed by atoms with Gasteiger partial charge in [0.2, 0.25) is 0 Å². The Balaban J connectivity index is 2.16. The summed E-state index contributed by atoms with van der Waals surface area (Å²) in [6.07, 6.45) is 0. The van der Waals surface area contributed by atoms with E-state index in [4.69, 9.17) is 11.5 Å². The van der Waals surface area contributed by atoms with Crippen molar-refractivity contribution in [2.45, 2.75) is 0 Å². The Morgan fingerprint density at radius 3 is 2.33 bits per heavy atom. The molecule has 0 saturated heterocycles. The number of hydrogen-bond acceptors (Lipinski definition) is 4. The molecule has 0 unspecified atom stereocenters. The molecular formula is C13H13N3O2. The van der Waals surface area contributed by atoms with Gasteiger partial charge in [0, 0.05) is 16.9 Å². The summed E-state index contributed by atoms with van der Waals surface area (Å²) in [6, 6.07) is 11.1. The number of carbonyl (C=O) groups excluding carboxylic acids is 1. The SMILES string of the molecule is Nc1ccc(NC(=O)c2ccc(N)c(O)c2)cc1. The van der Waals surface area contributed by atoms with E-state index < -0.39 is 0 Å². The molecule has 5 nitrogen and oxygen atoms in total. The van der Waals surface area contributed by atoms with E-state index in [-0.39, 0.29) is 17.3 Å². The van der Waals surface area contributed by atoms with Crippen molar-refractivity contribution >= 4 is 23.0 Å². The van der Waals surface area contributed by atoms with Crippen molar-refractivity contribution in [1.82, 2.24) is 0 Å². The Morgan fingerprint density at radius 2 is 1.72 bits per heavy atom. The first-order valence-corrected chi connectivity index (χ1v) is 5.31. The minimum absolute atomic E-state index is 0.111. The van der Waals surface area contributed by atoms with E-state index in [1.165, 1.54) is 12.1 Å². The minimum Gasteiger partial charge on any atom is -0.506 e. The maximum Gasteiger partial charge on any atom is 0.255 e. The van der Waals surface area contributed by atoms with E-state index in [9.17, 15) is 9.90 Å². The second-order valence-corrected chi connectivity index (χ2v) is 3.85. The average Bonchev–Trinajstić information content (AvgIpc) is 2.35. The number of aromatic hydroxyl groups is 1. The molecule has 0 bridgehead atoms. The van der Waals surface area contributed by atoms with Crippen LogP contribution in [-0.4, -0.2) is 11.0 Å². The molecule has 18 heavy (non-hydrogen) atoms. The lowest BCUT2D eigenvalue weighted by atomic mass is 10.1. The maximum absolute atomic E-state index is 11.9. The molecule has 1 amide bonds. The van der Waals surface area contributed by atoms with Crippen molar-refractivity contribution in [3.05, 3.63) is 48.0 Å². The molecule has 92 valence electrons. The van der Waals surface area contributed by atoms with Gasteiger partial charge < -0.3 is 21.9 Å². The average molecular weight is 243 g/mol. The van der Waals surface area contributed by atoms with Crippen LogP contribution in [0.2, 0.25) is 0 Å². The molecule has 0 saturated carbocycles. The fraction of sp³-hybridized carbons (Fsp3) is 0. The quantitative estimate of drug-likeness (QED) is 0.477. The summed E-state index contributed by atoms with van der Waals surface area (Å²) in [5.74, 6) is -0.435. The summed E-state index contributed by atoms with van der Waals surface area (Å²) < 4.78 is 0. The Bertz CT molecular complexity index is 579. The van der Waals surface area contributed by atoms with Crippen molar-refractivity contribution in [2.24, 2.45) is 0 Å². The van der Waals surface area contributed by atoms with E-state index in [2.05, 4.69) is 5.32 Å². The zero-order chi connectivity index (χ0) is 13.1. The molecule has 0 aliphatic heterocycles. The van der Waals surface area contributed by atoms with Crippen molar-refractivity contribution in [2.75, 3.05) is 16.8 Å². The fourth-order valence-electron chi connectivity index (χ4n) is 1.45. The van der Waals surface area contributed by atoms with Gasteiger partial charge in [0.25, 0.3) is 5.91 Å². The van der Waals surface area contributed by atoms with Gasteiger partial charge in [-0.3, -0.25) is 4.79 Å². The normalized spacial score (nSPS) is 10.0. The van der Waals surface area contributed by atoms with Gasteiger partial charge in [0.1, 0.15) is 5.75 Å². The highest BCUT2D eigenvalue weighted by molar-refractivity contribution is 6.04. The first-order chi connectivity index (χ1) is 8.56. The number of phenolic OH excluding ortho intramolecular Hbond substituents is 1. The van der Waals surface area contributed by atoms with E-state index in [1.807, 2.05) is 0 Å². The van der Waals surface area contributed by atoms with Crippen LogP contribution < -0.4 is 16.8 Å². The number of nitrogens with two attached hydrogens (primary N) is 2. The van der Waals surface area contributed by atoms with Gasteiger partial charge >= 0.3 is 0 Å². The Kier molecular flexibility index (Phi) is 3.05. The summed E-state index contributed by atoms with van der Waals surface area (Å²) in [6.45, 7) is 0. The first-order valence-electron chi connectivity index (χ1n) is 5.31. The predicted octanol–water partition coefficient (Wildman–Crippen LogP) is 1.81. The van der Waals surface area contributed by atoms with Gasteiger partial charge in [0.15, 0.2) is 0 Å². The number of phenols is 1. The third kappa shape index (κ3) is 2.52. The number of amides is 1. The molecule has 2 rings (SSSR count). The molecule has 0 fully saturated rings. The number of rotatable bonds is 2. The van der Waals surface area contributed by atoms with Gasteiger partial charge in [-0.25, -0.2) is 0 Å². The molecule has 2 aromatic carbocycles. The number of nitrogens with one attached hydrogen (secondary N) is 1. The summed E-state index contributed by atoms with van der Waals surface area (Å²) in [7, 11) is 0. The lowest BCUT2D eigenvalue weighted by Gasteiger charge is -2.06. The summed E-state index contributed by atoms with van der Waals surface area (Å²) in [4.78, 5) is 11.9. The van der Waals surface area contributed by atoms with Crippen molar-refractivity contribution in [3.63, 3.8) is 0 Å². The molecule has 6 N–H and O–H groups in total. The van der Waals surface area contributed by atoms with Crippen LogP contribution in [0, 0.1) is 0 Å². The van der Waals surface area contributed by atoms with Crippen LogP contribution in [0.15, 0.2) is 42.5 Å². The van der Waals surface area contributed by atoms with Crippen molar-refractivity contribution in [1.29, 1.82) is 0 Å². The molecule has 2 aromatic rings. The van der Waals surface area contributed by atoms with E-state index in [0.29, 0.717) is 16.9 Å². The first kappa shape index (κ1) is 11.8. The highest BCUT2D eigenvalue weighted by atomic mass is 16.3. The fourth-order valence-corrected chi connectivity index (χ4v) is 1.45. The van der Waals surface area contributed by atoms with E-state index in [1.54, 1.807) is 30.3 Å². The molecule has 0 aromatic heterocycles. The highest BCUT2D eigenvalue weighted by Crippen LogP contribution is 2.21. The predicted molar refractivity (Wildman–Crippen MR) is 71.3 cm³/mol. The second-order valence-electron chi connectivity index (χ2n) is 3.85. The molecule has 0 aliphatic rings. The molecule has 0 spiro atoms. The Labute approximate surface area is 104 Å². The van der Waals surface area contributed by atoms with Crippen LogP contribution in [0.5, 0.6) is 5.75 Å². The lowest BCUT2D eigenvalue weighted by molar-refractivity contribution is 0.102. The lowest BCUT2D eigenvalue weighted by Crippen LogP contribution is -2.11. The topological polar surface area (TPSA) is 101 Å². The summed E-state index contributed by atoms with van der Waals surface area (Å²) in [5.41, 5.74) is 12.8. The van der Waals surface area contributed by atoms with Crippen molar-refractivity contribution in [3.8, 4) is 5.75 Å². The molecule has 0 atom stereocenters. The van der Waals surface area contributed by atoms with Gasteiger partial charge in [-0.1, -0.05) is 0 Å². The smallest absolute Gasteiger partial charge is 0.255 e. The van der Waals surface area contributed by atoms with E-state index in [0.717, 1.165) is 0 Å². The largest absolute Gasteiger partial charge is 0.506 e. The summed E-state index contributed by atoms with van der Waals surface area (Å²) >= 11 is 0. The van der Waals surface area contributed by atoms with Gasteiger partial charge in [-0.2, -0.15) is 0 Å². The van der Waals surface area contributed by atoms with Crippen LogP contribution in [0.4, 0.5) is 17.1 Å². The number of benzene rings is 2. The molecule has 0 radical (unpaired) electrons. The summed E-state index contributed by atoms with van der Waals surface area (Å²) in [5, 5.41) is 12.1. The van der Waals surface area contributed by atoms with Crippen LogP contribution in [0.25, 0.3) is 0 Å². The monoisotopic (exact) mass is 243 g/mol. The number of hydrogen-bond donors (Lipinski definition) is 4. The van der Waals surface area contributed by atoms with Crippen LogP contribution in [-0.2, 0) is 0 Å². The van der Waals surface area contributed by atoms with Crippen LogP contribution in [0.3, 0.4) is 0 Å². The maximum atomic E-state index is 11.9. The molecular weight excluding hydrogens is 230 g/mol.